The van der Waals surface area contributed by atoms with Crippen molar-refractivity contribution >= 4 is 17.8 Å². The predicted octanol–water partition coefficient (Wildman–Crippen LogP) is 1.69. The number of carbonyl (C=O) groups is 1. The first kappa shape index (κ1) is 20.0. The Morgan fingerprint density at radius 3 is 2.71 bits per heavy atom. The van der Waals surface area contributed by atoms with E-state index in [2.05, 4.69) is 49.4 Å². The number of benzene rings is 1. The van der Waals surface area contributed by atoms with E-state index in [0.29, 0.717) is 18.8 Å². The highest BCUT2D eigenvalue weighted by Crippen LogP contribution is 2.14. The van der Waals surface area contributed by atoms with Gasteiger partial charge in [0.1, 0.15) is 17.8 Å². The number of carbonyl (C=O) groups excluding carboxylic acids is 1. The molecule has 0 spiro atoms. The van der Waals surface area contributed by atoms with Crippen LogP contribution in [0.1, 0.15) is 16.1 Å². The lowest BCUT2D eigenvalue weighted by Gasteiger charge is -2.34. The molecule has 148 valence electrons. The van der Waals surface area contributed by atoms with Crippen LogP contribution in [-0.2, 0) is 4.74 Å². The van der Waals surface area contributed by atoms with Gasteiger partial charge in [-0.25, -0.2) is 9.97 Å². The van der Waals surface area contributed by atoms with Gasteiger partial charge in [0.15, 0.2) is 0 Å². The van der Waals surface area contributed by atoms with E-state index >= 15 is 0 Å². The summed E-state index contributed by atoms with van der Waals surface area (Å²) in [4.78, 5) is 25.2. The Morgan fingerprint density at radius 1 is 1.18 bits per heavy atom. The van der Waals surface area contributed by atoms with Crippen molar-refractivity contribution in [1.82, 2.24) is 20.2 Å². The van der Waals surface area contributed by atoms with E-state index in [1.54, 1.807) is 13.2 Å². The summed E-state index contributed by atoms with van der Waals surface area (Å²) in [6.07, 6.45) is 5.82. The molecule has 1 fully saturated rings. The molecule has 1 saturated heterocycles. The van der Waals surface area contributed by atoms with E-state index in [9.17, 15) is 4.79 Å². The van der Waals surface area contributed by atoms with E-state index in [0.717, 1.165) is 38.5 Å². The van der Waals surface area contributed by atoms with Gasteiger partial charge in [-0.15, -0.1) is 0 Å². The minimum atomic E-state index is -0.203. The quantitative estimate of drug-likeness (QED) is 0.702. The second-order valence-corrected chi connectivity index (χ2v) is 6.61. The van der Waals surface area contributed by atoms with Crippen LogP contribution in [0.3, 0.4) is 0 Å². The van der Waals surface area contributed by atoms with Gasteiger partial charge in [-0.2, -0.15) is 0 Å². The lowest BCUT2D eigenvalue weighted by Crippen LogP contribution is -2.46. The summed E-state index contributed by atoms with van der Waals surface area (Å²) < 4.78 is 4.94. The number of anilines is 1. The molecule has 2 aromatic rings. The summed E-state index contributed by atoms with van der Waals surface area (Å²) in [6, 6.07) is 12.1. The Labute approximate surface area is 166 Å². The third-order valence-electron chi connectivity index (χ3n) is 4.65. The first-order valence-corrected chi connectivity index (χ1v) is 9.54. The van der Waals surface area contributed by atoms with Crippen molar-refractivity contribution in [1.29, 1.82) is 0 Å². The minimum Gasteiger partial charge on any atom is -0.383 e. The van der Waals surface area contributed by atoms with E-state index in [-0.39, 0.29) is 5.91 Å². The van der Waals surface area contributed by atoms with Crippen LogP contribution >= 0.6 is 0 Å². The number of amides is 1. The fourth-order valence-corrected chi connectivity index (χ4v) is 3.06. The minimum absolute atomic E-state index is 0.203. The van der Waals surface area contributed by atoms with Gasteiger partial charge in [-0.05, 0) is 5.56 Å². The normalized spacial score (nSPS) is 15.1. The van der Waals surface area contributed by atoms with Crippen molar-refractivity contribution in [3.63, 3.8) is 0 Å². The maximum absolute atomic E-state index is 12.2. The van der Waals surface area contributed by atoms with Crippen molar-refractivity contribution in [3.8, 4) is 0 Å². The van der Waals surface area contributed by atoms with Gasteiger partial charge in [0.25, 0.3) is 5.91 Å². The lowest BCUT2D eigenvalue weighted by molar-refractivity contribution is 0.0932. The summed E-state index contributed by atoms with van der Waals surface area (Å²) >= 11 is 0. The fourth-order valence-electron chi connectivity index (χ4n) is 3.06. The zero-order chi connectivity index (χ0) is 19.6. The Bertz CT molecular complexity index is 773. The maximum Gasteiger partial charge on any atom is 0.270 e. The third kappa shape index (κ3) is 5.87. The van der Waals surface area contributed by atoms with Crippen LogP contribution < -0.4 is 10.2 Å². The van der Waals surface area contributed by atoms with Crippen LogP contribution in [0, 0.1) is 0 Å². The van der Waals surface area contributed by atoms with E-state index in [1.807, 2.05) is 18.2 Å². The first-order valence-electron chi connectivity index (χ1n) is 9.54. The summed E-state index contributed by atoms with van der Waals surface area (Å²) in [5.41, 5.74) is 1.60. The number of hydrogen-bond donors (Lipinski definition) is 1. The molecule has 28 heavy (non-hydrogen) atoms. The van der Waals surface area contributed by atoms with Gasteiger partial charge in [0, 0.05) is 52.4 Å². The molecule has 3 rings (SSSR count). The zero-order valence-electron chi connectivity index (χ0n) is 16.3. The highest BCUT2D eigenvalue weighted by atomic mass is 16.5. The second kappa shape index (κ2) is 10.5. The van der Waals surface area contributed by atoms with Gasteiger partial charge in [0.05, 0.1) is 6.61 Å². The van der Waals surface area contributed by atoms with Gasteiger partial charge in [-0.3, -0.25) is 9.69 Å². The lowest BCUT2D eigenvalue weighted by atomic mass is 10.2. The van der Waals surface area contributed by atoms with Crippen molar-refractivity contribution in [3.05, 3.63) is 60.1 Å². The highest BCUT2D eigenvalue weighted by Gasteiger charge is 2.18. The molecule has 0 unspecified atom stereocenters. The Morgan fingerprint density at radius 2 is 1.96 bits per heavy atom. The average Bonchev–Trinajstić information content (AvgIpc) is 2.75. The molecule has 0 radical (unpaired) electrons. The monoisotopic (exact) mass is 381 g/mol. The fraction of sp³-hybridized carbons (Fsp3) is 0.381. The number of rotatable bonds is 8. The molecule has 7 nitrogen and oxygen atoms in total. The molecular weight excluding hydrogens is 354 g/mol. The number of hydrogen-bond acceptors (Lipinski definition) is 6. The zero-order valence-corrected chi connectivity index (χ0v) is 16.3. The largest absolute Gasteiger partial charge is 0.383 e. The molecule has 0 aliphatic carbocycles. The van der Waals surface area contributed by atoms with Crippen LogP contribution in [0.2, 0.25) is 0 Å². The molecule has 1 aromatic heterocycles. The molecule has 0 atom stereocenters. The number of methoxy groups -OCH3 is 1. The van der Waals surface area contributed by atoms with Crippen molar-refractivity contribution in [2.45, 2.75) is 0 Å². The third-order valence-corrected chi connectivity index (χ3v) is 4.65. The van der Waals surface area contributed by atoms with E-state index < -0.39 is 0 Å². The summed E-state index contributed by atoms with van der Waals surface area (Å²) in [5, 5.41) is 2.79. The van der Waals surface area contributed by atoms with Crippen LogP contribution in [-0.4, -0.2) is 73.8 Å². The number of nitrogens with one attached hydrogen (secondary N) is 1. The Hall–Kier alpha value is -2.77. The molecule has 2 heterocycles. The summed E-state index contributed by atoms with van der Waals surface area (Å²) in [5.74, 6) is 0.594. The van der Waals surface area contributed by atoms with E-state index in [4.69, 9.17) is 4.74 Å². The van der Waals surface area contributed by atoms with Crippen LogP contribution in [0.5, 0.6) is 0 Å². The molecule has 0 saturated carbocycles. The van der Waals surface area contributed by atoms with Gasteiger partial charge in [0.2, 0.25) is 0 Å². The number of aromatic nitrogens is 2. The Balaban J connectivity index is 1.48. The van der Waals surface area contributed by atoms with Gasteiger partial charge in [-0.1, -0.05) is 42.5 Å². The average molecular weight is 381 g/mol. The van der Waals surface area contributed by atoms with Gasteiger partial charge < -0.3 is 15.0 Å². The highest BCUT2D eigenvalue weighted by molar-refractivity contribution is 5.92. The molecule has 1 aliphatic rings. The van der Waals surface area contributed by atoms with E-state index in [1.165, 1.54) is 11.9 Å². The topological polar surface area (TPSA) is 70.6 Å². The second-order valence-electron chi connectivity index (χ2n) is 6.61. The first-order chi connectivity index (χ1) is 13.8. The Kier molecular flexibility index (Phi) is 7.52. The standard InChI is InChI=1S/C21H27N5O2/c1-28-15-9-22-21(27)19-16-20(24-17-23-19)26-13-11-25(12-14-26)10-5-8-18-6-3-2-4-7-18/h2-8,16-17H,9-15H2,1H3,(H,22,27)/b8-5+. The molecule has 1 aliphatic heterocycles. The summed E-state index contributed by atoms with van der Waals surface area (Å²) in [7, 11) is 1.60. The van der Waals surface area contributed by atoms with Crippen molar-refractivity contribution in [2.24, 2.45) is 0 Å². The molecular formula is C21H27N5O2. The van der Waals surface area contributed by atoms with Crippen LogP contribution in [0.25, 0.3) is 6.08 Å². The van der Waals surface area contributed by atoms with Crippen LogP contribution in [0.15, 0.2) is 48.8 Å². The number of piperazine rings is 1. The number of nitrogens with zero attached hydrogens (tertiary/aromatic N) is 4. The van der Waals surface area contributed by atoms with Gasteiger partial charge >= 0.3 is 0 Å². The SMILES string of the molecule is COCCNC(=O)c1cc(N2CCN(C/C=C/c3ccccc3)CC2)ncn1. The maximum atomic E-state index is 12.2. The smallest absolute Gasteiger partial charge is 0.270 e. The summed E-state index contributed by atoms with van der Waals surface area (Å²) in [6.45, 7) is 5.53. The molecule has 7 heteroatoms. The molecule has 1 aromatic carbocycles. The molecule has 1 amide bonds. The van der Waals surface area contributed by atoms with Crippen molar-refractivity contribution in [2.75, 3.05) is 57.9 Å². The van der Waals surface area contributed by atoms with Crippen LogP contribution in [0.4, 0.5) is 5.82 Å². The van der Waals surface area contributed by atoms with Crippen molar-refractivity contribution < 1.29 is 9.53 Å². The predicted molar refractivity (Wildman–Crippen MR) is 110 cm³/mol. The number of ether oxygens (including phenoxy) is 1. The molecule has 1 N–H and O–H groups in total. The molecule has 0 bridgehead atoms.